The zero-order valence-corrected chi connectivity index (χ0v) is 14.4. The summed E-state index contributed by atoms with van der Waals surface area (Å²) in [7, 11) is 0. The molecule has 7 nitrogen and oxygen atoms in total. The molecule has 136 valence electrons. The van der Waals surface area contributed by atoms with E-state index in [1.165, 1.54) is 0 Å². The first-order valence-corrected chi connectivity index (χ1v) is 8.74. The van der Waals surface area contributed by atoms with E-state index in [4.69, 9.17) is 15.2 Å². The highest BCUT2D eigenvalue weighted by Gasteiger charge is 2.29. The first kappa shape index (κ1) is 17.5. The number of rotatable bonds is 5. The van der Waals surface area contributed by atoms with Gasteiger partial charge in [0.2, 0.25) is 11.8 Å². The number of carbonyl (C=O) groups excluding carboxylic acids is 2. The molecule has 2 amide bonds. The molecule has 1 aromatic rings. The van der Waals surface area contributed by atoms with Gasteiger partial charge in [-0.05, 0) is 45.0 Å². The van der Waals surface area contributed by atoms with Crippen molar-refractivity contribution in [1.29, 1.82) is 0 Å². The van der Waals surface area contributed by atoms with Crippen LogP contribution in [0.15, 0.2) is 24.3 Å². The monoisotopic (exact) mass is 347 g/mol. The number of primary amides is 1. The van der Waals surface area contributed by atoms with Crippen molar-refractivity contribution < 1.29 is 19.1 Å². The van der Waals surface area contributed by atoms with Gasteiger partial charge in [0.1, 0.15) is 12.7 Å². The molecule has 2 aliphatic rings. The Morgan fingerprint density at radius 1 is 1.28 bits per heavy atom. The van der Waals surface area contributed by atoms with E-state index in [0.717, 1.165) is 5.75 Å². The van der Waals surface area contributed by atoms with Crippen LogP contribution in [-0.4, -0.2) is 55.1 Å². The number of carbonyl (C=O) groups is 2. The molecule has 2 atom stereocenters. The lowest BCUT2D eigenvalue weighted by molar-refractivity contribution is -0.127. The number of fused-ring (bicyclic) bond motifs is 1. The second-order valence-electron chi connectivity index (χ2n) is 6.63. The van der Waals surface area contributed by atoms with Crippen molar-refractivity contribution in [3.05, 3.63) is 24.3 Å². The van der Waals surface area contributed by atoms with Gasteiger partial charge in [-0.3, -0.25) is 14.5 Å². The number of hydrogen-bond donors (Lipinski definition) is 2. The number of piperidine rings is 1. The normalized spacial score (nSPS) is 22.2. The summed E-state index contributed by atoms with van der Waals surface area (Å²) in [5, 5.41) is 2.94. The molecular weight excluding hydrogens is 322 g/mol. The van der Waals surface area contributed by atoms with Crippen LogP contribution in [0.2, 0.25) is 0 Å². The summed E-state index contributed by atoms with van der Waals surface area (Å²) in [4.78, 5) is 25.7. The van der Waals surface area contributed by atoms with Crippen LogP contribution in [0.25, 0.3) is 0 Å². The van der Waals surface area contributed by atoms with Crippen LogP contribution < -0.4 is 20.5 Å². The minimum atomic E-state index is -0.245. The van der Waals surface area contributed by atoms with E-state index in [1.54, 1.807) is 0 Å². The number of ether oxygens (including phenoxy) is 2. The maximum Gasteiger partial charge on any atom is 0.237 e. The SMILES string of the molecule is C[C@@H](C(=O)NC[C@H]1COc2ccccc2O1)N1CCC(C(N)=O)CC1. The average molecular weight is 347 g/mol. The highest BCUT2D eigenvalue weighted by atomic mass is 16.6. The van der Waals surface area contributed by atoms with Gasteiger partial charge in [0.05, 0.1) is 12.6 Å². The van der Waals surface area contributed by atoms with E-state index in [9.17, 15) is 9.59 Å². The number of amides is 2. The predicted molar refractivity (Wildman–Crippen MR) is 92.3 cm³/mol. The fourth-order valence-electron chi connectivity index (χ4n) is 3.26. The Labute approximate surface area is 147 Å². The molecule has 0 radical (unpaired) electrons. The number of nitrogens with zero attached hydrogens (tertiary/aromatic N) is 1. The molecular formula is C18H25N3O4. The molecule has 0 aromatic heterocycles. The summed E-state index contributed by atoms with van der Waals surface area (Å²) >= 11 is 0. The van der Waals surface area contributed by atoms with Gasteiger partial charge in [0.15, 0.2) is 11.5 Å². The van der Waals surface area contributed by atoms with Gasteiger partial charge >= 0.3 is 0 Å². The maximum absolute atomic E-state index is 12.4. The van der Waals surface area contributed by atoms with Gasteiger partial charge in [0, 0.05) is 5.92 Å². The Kier molecular flexibility index (Phi) is 5.43. The third-order valence-electron chi connectivity index (χ3n) is 4.93. The second kappa shape index (κ2) is 7.74. The molecule has 0 unspecified atom stereocenters. The first-order chi connectivity index (χ1) is 12.0. The number of hydrogen-bond acceptors (Lipinski definition) is 5. The fourth-order valence-corrected chi connectivity index (χ4v) is 3.26. The molecule has 0 spiro atoms. The maximum atomic E-state index is 12.4. The molecule has 25 heavy (non-hydrogen) atoms. The number of likely N-dealkylation sites (tertiary alicyclic amines) is 1. The van der Waals surface area contributed by atoms with Gasteiger partial charge in [-0.15, -0.1) is 0 Å². The number of benzene rings is 1. The Morgan fingerprint density at radius 2 is 1.96 bits per heavy atom. The summed E-state index contributed by atoms with van der Waals surface area (Å²) in [6.45, 7) is 4.11. The summed E-state index contributed by atoms with van der Waals surface area (Å²) in [6, 6.07) is 7.26. The van der Waals surface area contributed by atoms with E-state index in [1.807, 2.05) is 31.2 Å². The highest BCUT2D eigenvalue weighted by molar-refractivity contribution is 5.81. The molecule has 0 saturated carbocycles. The number of nitrogens with two attached hydrogens (primary N) is 1. The van der Waals surface area contributed by atoms with Crippen LogP contribution in [0.3, 0.4) is 0 Å². The Hall–Kier alpha value is -2.28. The van der Waals surface area contributed by atoms with E-state index >= 15 is 0 Å². The smallest absolute Gasteiger partial charge is 0.237 e. The largest absolute Gasteiger partial charge is 0.486 e. The molecule has 2 aliphatic heterocycles. The summed E-state index contributed by atoms with van der Waals surface area (Å²) in [6.07, 6.45) is 1.22. The lowest BCUT2D eigenvalue weighted by Gasteiger charge is -2.34. The zero-order chi connectivity index (χ0) is 17.8. The van der Waals surface area contributed by atoms with E-state index in [2.05, 4.69) is 10.2 Å². The molecule has 0 aliphatic carbocycles. The highest BCUT2D eigenvalue weighted by Crippen LogP contribution is 2.30. The standard InChI is InChI=1S/C18H25N3O4/c1-12(21-8-6-13(7-9-21)17(19)22)18(23)20-10-14-11-24-15-4-2-3-5-16(15)25-14/h2-5,12-14H,6-11H2,1H3,(H2,19,22)(H,20,23)/t12-,14-/m0/s1. The van der Waals surface area contributed by atoms with Crippen LogP contribution in [0.5, 0.6) is 11.5 Å². The van der Waals surface area contributed by atoms with Gasteiger partial charge in [-0.2, -0.15) is 0 Å². The number of para-hydroxylation sites is 2. The van der Waals surface area contributed by atoms with Crippen LogP contribution in [0.1, 0.15) is 19.8 Å². The Bertz CT molecular complexity index is 629. The predicted octanol–water partition coefficient (Wildman–Crippen LogP) is 0.528. The van der Waals surface area contributed by atoms with Crippen LogP contribution in [-0.2, 0) is 9.59 Å². The topological polar surface area (TPSA) is 93.9 Å². The Morgan fingerprint density at radius 3 is 2.64 bits per heavy atom. The molecule has 7 heteroatoms. The third kappa shape index (κ3) is 4.22. The van der Waals surface area contributed by atoms with Gasteiger partial charge < -0.3 is 20.5 Å². The molecule has 0 bridgehead atoms. The van der Waals surface area contributed by atoms with Crippen molar-refractivity contribution in [1.82, 2.24) is 10.2 Å². The summed E-state index contributed by atoms with van der Waals surface area (Å²) in [5.41, 5.74) is 5.35. The van der Waals surface area contributed by atoms with Crippen molar-refractivity contribution >= 4 is 11.8 Å². The van der Waals surface area contributed by atoms with Gasteiger partial charge in [0.25, 0.3) is 0 Å². The summed E-state index contributed by atoms with van der Waals surface area (Å²) in [5.74, 6) is 1.08. The summed E-state index contributed by atoms with van der Waals surface area (Å²) < 4.78 is 11.5. The van der Waals surface area contributed by atoms with Crippen molar-refractivity contribution in [2.45, 2.75) is 31.9 Å². The number of nitrogens with one attached hydrogen (secondary N) is 1. The van der Waals surface area contributed by atoms with Crippen LogP contribution in [0, 0.1) is 5.92 Å². The molecule has 1 aromatic carbocycles. The first-order valence-electron chi connectivity index (χ1n) is 8.74. The quantitative estimate of drug-likeness (QED) is 0.810. The van der Waals surface area contributed by atoms with Gasteiger partial charge in [-0.1, -0.05) is 12.1 Å². The fraction of sp³-hybridized carbons (Fsp3) is 0.556. The molecule has 2 heterocycles. The van der Waals surface area contributed by atoms with E-state index in [-0.39, 0.29) is 29.9 Å². The molecule has 1 saturated heterocycles. The molecule has 3 rings (SSSR count). The van der Waals surface area contributed by atoms with E-state index < -0.39 is 0 Å². The minimum Gasteiger partial charge on any atom is -0.486 e. The molecule has 1 fully saturated rings. The Balaban J connectivity index is 1.44. The minimum absolute atomic E-state index is 0.0417. The van der Waals surface area contributed by atoms with Crippen molar-refractivity contribution in [3.63, 3.8) is 0 Å². The second-order valence-corrected chi connectivity index (χ2v) is 6.63. The average Bonchev–Trinajstić information content (AvgIpc) is 2.65. The third-order valence-corrected chi connectivity index (χ3v) is 4.93. The van der Waals surface area contributed by atoms with Gasteiger partial charge in [-0.25, -0.2) is 0 Å². The molecule has 3 N–H and O–H groups in total. The van der Waals surface area contributed by atoms with Crippen molar-refractivity contribution in [2.24, 2.45) is 11.7 Å². The zero-order valence-electron chi connectivity index (χ0n) is 14.4. The van der Waals surface area contributed by atoms with Crippen molar-refractivity contribution in [2.75, 3.05) is 26.2 Å². The van der Waals surface area contributed by atoms with Crippen LogP contribution in [0.4, 0.5) is 0 Å². The van der Waals surface area contributed by atoms with E-state index in [0.29, 0.717) is 44.8 Å². The van der Waals surface area contributed by atoms with Crippen molar-refractivity contribution in [3.8, 4) is 11.5 Å². The lowest BCUT2D eigenvalue weighted by Crippen LogP contribution is -2.51. The van der Waals surface area contributed by atoms with Crippen LogP contribution >= 0.6 is 0 Å². The lowest BCUT2D eigenvalue weighted by atomic mass is 9.95.